The van der Waals surface area contributed by atoms with E-state index in [9.17, 15) is 13.2 Å². The van der Waals surface area contributed by atoms with E-state index >= 15 is 0 Å². The van der Waals surface area contributed by atoms with E-state index in [4.69, 9.17) is 0 Å². The van der Waals surface area contributed by atoms with E-state index < -0.39 is 23.8 Å². The van der Waals surface area contributed by atoms with E-state index in [1.807, 2.05) is 25.7 Å². The Hall–Kier alpha value is -1.03. The summed E-state index contributed by atoms with van der Waals surface area (Å²) in [6.45, 7) is 6.13. The van der Waals surface area contributed by atoms with Crippen molar-refractivity contribution in [2.45, 2.75) is 44.9 Å². The van der Waals surface area contributed by atoms with Crippen LogP contribution in [0.25, 0.3) is 0 Å². The Labute approximate surface area is 106 Å². The zero-order chi connectivity index (χ0) is 13.5. The van der Waals surface area contributed by atoms with Gasteiger partial charge in [0.15, 0.2) is 0 Å². The molecule has 0 saturated carbocycles. The first kappa shape index (κ1) is 13.4. The molecule has 1 heterocycles. The average molecular weight is 257 g/mol. The summed E-state index contributed by atoms with van der Waals surface area (Å²) in [6, 6.07) is 2.98. The molecule has 4 heteroatoms. The minimum Gasteiger partial charge on any atom is -0.288 e. The van der Waals surface area contributed by atoms with E-state index in [-0.39, 0.29) is 24.1 Å². The topological polar surface area (TPSA) is 3.24 Å². The first-order valence-electron chi connectivity index (χ1n) is 6.15. The van der Waals surface area contributed by atoms with Crippen molar-refractivity contribution >= 4 is 0 Å². The zero-order valence-corrected chi connectivity index (χ0v) is 10.9. The summed E-state index contributed by atoms with van der Waals surface area (Å²) in [4.78, 5) is 1.90. The van der Waals surface area contributed by atoms with Crippen LogP contribution in [0.15, 0.2) is 18.2 Å². The van der Waals surface area contributed by atoms with Crippen LogP contribution in [0.5, 0.6) is 0 Å². The van der Waals surface area contributed by atoms with Crippen LogP contribution in [-0.4, -0.2) is 23.2 Å². The molecule has 18 heavy (non-hydrogen) atoms. The van der Waals surface area contributed by atoms with Crippen LogP contribution < -0.4 is 0 Å². The minimum absolute atomic E-state index is 0.220. The molecule has 100 valence electrons. The predicted molar refractivity (Wildman–Crippen MR) is 65.1 cm³/mol. The quantitative estimate of drug-likeness (QED) is 0.738. The fourth-order valence-electron chi connectivity index (χ4n) is 2.59. The Bertz CT molecular complexity index is 439. The third kappa shape index (κ3) is 2.53. The number of alkyl halides is 1. The van der Waals surface area contributed by atoms with E-state index in [0.717, 1.165) is 12.1 Å². The molecule has 0 unspecified atom stereocenters. The normalized spacial score (nSPS) is 25.7. The van der Waals surface area contributed by atoms with E-state index in [1.54, 1.807) is 0 Å². The summed E-state index contributed by atoms with van der Waals surface area (Å²) in [6.07, 6.45) is -0.769. The SMILES string of the molecule is CC(C)(C)N1C[C@@H](F)C[C@H]1c1cc(F)ccc1F. The molecule has 1 saturated heterocycles. The van der Waals surface area contributed by atoms with Gasteiger partial charge < -0.3 is 0 Å². The maximum atomic E-state index is 13.8. The number of hydrogen-bond acceptors (Lipinski definition) is 1. The van der Waals surface area contributed by atoms with Gasteiger partial charge in [0.2, 0.25) is 0 Å². The molecule has 0 N–H and O–H groups in total. The molecule has 1 aromatic rings. The van der Waals surface area contributed by atoms with Gasteiger partial charge in [-0.15, -0.1) is 0 Å². The average Bonchev–Trinajstić information content (AvgIpc) is 2.63. The maximum Gasteiger partial charge on any atom is 0.128 e. The summed E-state index contributed by atoms with van der Waals surface area (Å²) < 4.78 is 40.7. The summed E-state index contributed by atoms with van der Waals surface area (Å²) in [5.41, 5.74) is -0.0188. The van der Waals surface area contributed by atoms with E-state index in [2.05, 4.69) is 0 Å². The van der Waals surface area contributed by atoms with Gasteiger partial charge in [0.25, 0.3) is 0 Å². The van der Waals surface area contributed by atoms with Crippen molar-refractivity contribution in [3.8, 4) is 0 Å². The van der Waals surface area contributed by atoms with Crippen molar-refractivity contribution in [1.29, 1.82) is 0 Å². The maximum absolute atomic E-state index is 13.8. The Morgan fingerprint density at radius 2 is 1.89 bits per heavy atom. The van der Waals surface area contributed by atoms with E-state index in [1.165, 1.54) is 6.07 Å². The lowest BCUT2D eigenvalue weighted by Gasteiger charge is -2.37. The van der Waals surface area contributed by atoms with Gasteiger partial charge >= 0.3 is 0 Å². The summed E-state index contributed by atoms with van der Waals surface area (Å²) >= 11 is 0. The van der Waals surface area contributed by atoms with Crippen molar-refractivity contribution in [3.63, 3.8) is 0 Å². The summed E-state index contributed by atoms with van der Waals surface area (Å²) in [7, 11) is 0. The number of halogens is 3. The molecular formula is C14H18F3N. The molecule has 0 aromatic heterocycles. The minimum atomic E-state index is -0.989. The monoisotopic (exact) mass is 257 g/mol. The standard InChI is InChI=1S/C14H18F3N/c1-14(2,3)18-8-10(16)7-13(18)11-6-9(15)4-5-12(11)17/h4-6,10,13H,7-8H2,1-3H3/t10-,13-/m0/s1. The van der Waals surface area contributed by atoms with Gasteiger partial charge in [-0.3, -0.25) is 4.90 Å². The molecule has 1 aliphatic heterocycles. The van der Waals surface area contributed by atoms with Crippen LogP contribution in [0.3, 0.4) is 0 Å². The zero-order valence-electron chi connectivity index (χ0n) is 10.9. The lowest BCUT2D eigenvalue weighted by Crippen LogP contribution is -2.41. The molecule has 0 radical (unpaired) electrons. The Balaban J connectivity index is 2.39. The van der Waals surface area contributed by atoms with Crippen molar-refractivity contribution in [2.24, 2.45) is 0 Å². The number of benzene rings is 1. The highest BCUT2D eigenvalue weighted by Gasteiger charge is 2.40. The number of hydrogen-bond donors (Lipinski definition) is 0. The third-order valence-corrected chi connectivity index (χ3v) is 3.43. The largest absolute Gasteiger partial charge is 0.288 e. The van der Waals surface area contributed by atoms with Crippen LogP contribution in [0.1, 0.15) is 38.8 Å². The summed E-state index contributed by atoms with van der Waals surface area (Å²) in [5.74, 6) is -0.952. The number of rotatable bonds is 1. The van der Waals surface area contributed by atoms with Crippen LogP contribution in [0.2, 0.25) is 0 Å². The lowest BCUT2D eigenvalue weighted by atomic mass is 9.98. The van der Waals surface area contributed by atoms with Crippen LogP contribution in [0.4, 0.5) is 13.2 Å². The van der Waals surface area contributed by atoms with Gasteiger partial charge in [0.1, 0.15) is 17.8 Å². The molecule has 2 atom stereocenters. The summed E-state index contributed by atoms with van der Waals surface area (Å²) in [5, 5.41) is 0. The molecule has 0 aliphatic carbocycles. The Morgan fingerprint density at radius 3 is 2.50 bits per heavy atom. The molecule has 1 fully saturated rings. The first-order valence-corrected chi connectivity index (χ1v) is 6.15. The third-order valence-electron chi connectivity index (χ3n) is 3.43. The van der Waals surface area contributed by atoms with Crippen LogP contribution in [-0.2, 0) is 0 Å². The number of nitrogens with zero attached hydrogens (tertiary/aromatic N) is 1. The van der Waals surface area contributed by atoms with Crippen molar-refractivity contribution in [2.75, 3.05) is 6.54 Å². The van der Waals surface area contributed by atoms with Gasteiger partial charge in [-0.25, -0.2) is 13.2 Å². The molecule has 0 spiro atoms. The second-order valence-corrected chi connectivity index (χ2v) is 5.84. The van der Waals surface area contributed by atoms with E-state index in [0.29, 0.717) is 0 Å². The fraction of sp³-hybridized carbons (Fsp3) is 0.571. The first-order chi connectivity index (χ1) is 8.29. The van der Waals surface area contributed by atoms with Crippen molar-refractivity contribution in [3.05, 3.63) is 35.4 Å². The number of likely N-dealkylation sites (tertiary alicyclic amines) is 1. The highest BCUT2D eigenvalue weighted by molar-refractivity contribution is 5.24. The predicted octanol–water partition coefficient (Wildman–Crippen LogP) is 3.85. The molecule has 1 nitrogen and oxygen atoms in total. The van der Waals surface area contributed by atoms with Crippen molar-refractivity contribution < 1.29 is 13.2 Å². The van der Waals surface area contributed by atoms with Crippen LogP contribution >= 0.6 is 0 Å². The smallest absolute Gasteiger partial charge is 0.128 e. The molecule has 0 bridgehead atoms. The van der Waals surface area contributed by atoms with Gasteiger partial charge in [-0.05, 0) is 45.4 Å². The van der Waals surface area contributed by atoms with Gasteiger partial charge in [-0.2, -0.15) is 0 Å². The highest BCUT2D eigenvalue weighted by atomic mass is 19.1. The van der Waals surface area contributed by atoms with Gasteiger partial charge in [0, 0.05) is 23.7 Å². The highest BCUT2D eigenvalue weighted by Crippen LogP contribution is 2.39. The second-order valence-electron chi connectivity index (χ2n) is 5.84. The second kappa shape index (κ2) is 4.57. The van der Waals surface area contributed by atoms with Gasteiger partial charge in [-0.1, -0.05) is 0 Å². The van der Waals surface area contributed by atoms with Crippen molar-refractivity contribution in [1.82, 2.24) is 4.90 Å². The lowest BCUT2D eigenvalue weighted by molar-refractivity contribution is 0.114. The fourth-order valence-corrected chi connectivity index (χ4v) is 2.59. The Kier molecular flexibility index (Phi) is 3.41. The molecular weight excluding hydrogens is 239 g/mol. The van der Waals surface area contributed by atoms with Gasteiger partial charge in [0.05, 0.1) is 0 Å². The Morgan fingerprint density at radius 1 is 1.22 bits per heavy atom. The molecule has 1 aliphatic rings. The molecule has 2 rings (SSSR count). The molecule has 1 aromatic carbocycles. The molecule has 0 amide bonds. The van der Waals surface area contributed by atoms with Crippen LogP contribution in [0, 0.1) is 11.6 Å².